The fourth-order valence-electron chi connectivity index (χ4n) is 2.82. The molecule has 1 fully saturated rings. The molecule has 168 valence electrons. The first-order valence-corrected chi connectivity index (χ1v) is 10.2. The number of nitrogens with zero attached hydrogens (tertiary/aromatic N) is 1. The van der Waals surface area contributed by atoms with Crippen LogP contribution in [0.1, 0.15) is 11.1 Å². The van der Waals surface area contributed by atoms with E-state index in [1.165, 1.54) is 13.2 Å². The highest BCUT2D eigenvalue weighted by Crippen LogP contribution is 2.38. The van der Waals surface area contributed by atoms with Gasteiger partial charge in [0.2, 0.25) is 0 Å². The molecule has 2 aromatic rings. The largest absolute Gasteiger partial charge is 0.493 e. The zero-order chi connectivity index (χ0) is 23.4. The first kappa shape index (κ1) is 23.7. The van der Waals surface area contributed by atoms with Gasteiger partial charge >= 0.3 is 12.0 Å². The Kier molecular flexibility index (Phi) is 7.50. The normalized spacial score (nSPS) is 14.5. The summed E-state index contributed by atoms with van der Waals surface area (Å²) in [7, 11) is 2.60. The number of imide groups is 1. The van der Waals surface area contributed by atoms with Crippen molar-refractivity contribution in [2.45, 2.75) is 6.61 Å². The highest BCUT2D eigenvalue weighted by molar-refractivity contribution is 6.42. The molecule has 0 aliphatic carbocycles. The van der Waals surface area contributed by atoms with E-state index in [1.54, 1.807) is 30.3 Å². The van der Waals surface area contributed by atoms with Gasteiger partial charge in [-0.2, -0.15) is 0 Å². The molecule has 0 aromatic heterocycles. The Morgan fingerprint density at radius 3 is 2.47 bits per heavy atom. The van der Waals surface area contributed by atoms with Crippen LogP contribution in [0.4, 0.5) is 4.79 Å². The Hall–Kier alpha value is -2.94. The van der Waals surface area contributed by atoms with Crippen molar-refractivity contribution in [3.05, 3.63) is 62.2 Å². The number of urea groups is 1. The van der Waals surface area contributed by atoms with E-state index in [9.17, 15) is 14.4 Å². The Labute approximate surface area is 198 Å². The highest BCUT2D eigenvalue weighted by atomic mass is 35.5. The van der Waals surface area contributed by atoms with Crippen LogP contribution in [0.15, 0.2) is 36.0 Å². The summed E-state index contributed by atoms with van der Waals surface area (Å²) in [6.07, 6.45) is 1.41. The number of amides is 3. The second-order valence-electron chi connectivity index (χ2n) is 6.53. The van der Waals surface area contributed by atoms with Gasteiger partial charge in [0.15, 0.2) is 11.5 Å². The Balaban J connectivity index is 1.81. The predicted molar refractivity (Wildman–Crippen MR) is 119 cm³/mol. The average Bonchev–Trinajstić information content (AvgIpc) is 3.02. The second kappa shape index (κ2) is 10.1. The summed E-state index contributed by atoms with van der Waals surface area (Å²) in [5.74, 6) is -0.789. The number of rotatable bonds is 7. The van der Waals surface area contributed by atoms with Crippen molar-refractivity contribution in [2.24, 2.45) is 0 Å². The lowest BCUT2D eigenvalue weighted by molar-refractivity contribution is -0.143. The molecule has 0 radical (unpaired) electrons. The van der Waals surface area contributed by atoms with E-state index in [0.717, 1.165) is 17.6 Å². The zero-order valence-electron chi connectivity index (χ0n) is 16.9. The minimum atomic E-state index is -0.730. The van der Waals surface area contributed by atoms with Crippen LogP contribution < -0.4 is 14.8 Å². The maximum absolute atomic E-state index is 12.4. The third kappa shape index (κ3) is 5.27. The van der Waals surface area contributed by atoms with Crippen LogP contribution in [0.3, 0.4) is 0 Å². The molecule has 11 heteroatoms. The SMILES string of the molecule is COC(=O)CN1C(=O)N/C(=C/c2cc(Cl)c(OCc3ccc(Cl)c(Cl)c3)c(OC)c2)C1=O. The molecule has 2 aromatic carbocycles. The van der Waals surface area contributed by atoms with Crippen LogP contribution >= 0.6 is 34.8 Å². The summed E-state index contributed by atoms with van der Waals surface area (Å²) in [4.78, 5) is 36.6. The number of benzene rings is 2. The van der Waals surface area contributed by atoms with Gasteiger partial charge in [-0.3, -0.25) is 9.59 Å². The summed E-state index contributed by atoms with van der Waals surface area (Å²) >= 11 is 18.3. The third-order valence-corrected chi connectivity index (χ3v) is 5.43. The van der Waals surface area contributed by atoms with Gasteiger partial charge in [0.25, 0.3) is 5.91 Å². The number of nitrogens with one attached hydrogen (secondary N) is 1. The maximum atomic E-state index is 12.4. The van der Waals surface area contributed by atoms with Gasteiger partial charge in [-0.05, 0) is 41.5 Å². The Morgan fingerprint density at radius 1 is 1.06 bits per heavy atom. The van der Waals surface area contributed by atoms with Gasteiger partial charge < -0.3 is 19.5 Å². The molecule has 1 N–H and O–H groups in total. The number of hydrogen-bond acceptors (Lipinski definition) is 6. The molecule has 0 spiro atoms. The lowest BCUT2D eigenvalue weighted by atomic mass is 10.1. The van der Waals surface area contributed by atoms with Crippen molar-refractivity contribution in [2.75, 3.05) is 20.8 Å². The lowest BCUT2D eigenvalue weighted by Gasteiger charge is -2.14. The van der Waals surface area contributed by atoms with Gasteiger partial charge in [-0.15, -0.1) is 0 Å². The molecular weight excluding hydrogens is 483 g/mol. The summed E-state index contributed by atoms with van der Waals surface area (Å²) in [5, 5.41) is 3.47. The van der Waals surface area contributed by atoms with E-state index in [0.29, 0.717) is 21.4 Å². The van der Waals surface area contributed by atoms with E-state index in [2.05, 4.69) is 10.1 Å². The first-order chi connectivity index (χ1) is 15.2. The van der Waals surface area contributed by atoms with E-state index >= 15 is 0 Å². The molecule has 1 heterocycles. The van der Waals surface area contributed by atoms with Crippen LogP contribution in [0, 0.1) is 0 Å². The monoisotopic (exact) mass is 498 g/mol. The smallest absolute Gasteiger partial charge is 0.329 e. The van der Waals surface area contributed by atoms with Crippen molar-refractivity contribution in [3.8, 4) is 11.5 Å². The molecule has 0 bridgehead atoms. The minimum absolute atomic E-state index is 0.0264. The van der Waals surface area contributed by atoms with Crippen molar-refractivity contribution in [1.82, 2.24) is 10.2 Å². The van der Waals surface area contributed by atoms with Gasteiger partial charge in [0.05, 0.1) is 29.3 Å². The van der Waals surface area contributed by atoms with Crippen molar-refractivity contribution in [3.63, 3.8) is 0 Å². The van der Waals surface area contributed by atoms with Crippen molar-refractivity contribution in [1.29, 1.82) is 0 Å². The van der Waals surface area contributed by atoms with Gasteiger partial charge in [-0.25, -0.2) is 9.69 Å². The topological polar surface area (TPSA) is 94.2 Å². The summed E-state index contributed by atoms with van der Waals surface area (Å²) in [5.41, 5.74) is 1.22. The number of hydrogen-bond donors (Lipinski definition) is 1. The number of methoxy groups -OCH3 is 2. The number of halogens is 3. The van der Waals surface area contributed by atoms with Crippen molar-refractivity contribution >= 4 is 58.8 Å². The first-order valence-electron chi connectivity index (χ1n) is 9.09. The molecule has 32 heavy (non-hydrogen) atoms. The molecule has 1 aliphatic rings. The molecule has 0 unspecified atom stereocenters. The van der Waals surface area contributed by atoms with E-state index in [-0.39, 0.29) is 23.1 Å². The molecule has 3 rings (SSSR count). The molecule has 0 saturated carbocycles. The number of carbonyl (C=O) groups excluding carboxylic acids is 3. The predicted octanol–water partition coefficient (Wildman–Crippen LogP) is 4.30. The molecule has 1 aliphatic heterocycles. The third-order valence-electron chi connectivity index (χ3n) is 4.41. The van der Waals surface area contributed by atoms with Crippen LogP contribution in [-0.4, -0.2) is 43.6 Å². The lowest BCUT2D eigenvalue weighted by Crippen LogP contribution is -2.36. The maximum Gasteiger partial charge on any atom is 0.329 e. The van der Waals surface area contributed by atoms with E-state index in [4.69, 9.17) is 44.3 Å². The highest BCUT2D eigenvalue weighted by Gasteiger charge is 2.35. The van der Waals surface area contributed by atoms with Crippen LogP contribution in [0.25, 0.3) is 6.08 Å². The van der Waals surface area contributed by atoms with Crippen LogP contribution in [-0.2, 0) is 20.9 Å². The zero-order valence-corrected chi connectivity index (χ0v) is 19.2. The summed E-state index contributed by atoms with van der Waals surface area (Å²) in [6.45, 7) is -0.339. The Bertz CT molecular complexity index is 1120. The van der Waals surface area contributed by atoms with Crippen molar-refractivity contribution < 1.29 is 28.6 Å². The van der Waals surface area contributed by atoms with Gasteiger partial charge in [0, 0.05) is 0 Å². The van der Waals surface area contributed by atoms with E-state index < -0.39 is 24.5 Å². The molecule has 3 amide bonds. The fourth-order valence-corrected chi connectivity index (χ4v) is 3.42. The quantitative estimate of drug-likeness (QED) is 0.347. The molecule has 1 saturated heterocycles. The molecular formula is C21H17Cl3N2O6. The molecule has 8 nitrogen and oxygen atoms in total. The van der Waals surface area contributed by atoms with Crippen LogP contribution in [0.5, 0.6) is 11.5 Å². The average molecular weight is 500 g/mol. The number of carbonyl (C=O) groups is 3. The van der Waals surface area contributed by atoms with Gasteiger partial charge in [0.1, 0.15) is 18.8 Å². The standard InChI is InChI=1S/C21H17Cl3N2O6/c1-30-17-8-12(7-16-20(28)26(21(29)25-16)9-18(27)31-2)6-15(24)19(17)32-10-11-3-4-13(22)14(23)5-11/h3-8H,9-10H2,1-2H3,(H,25,29)/b16-7+. The number of ether oxygens (including phenoxy) is 3. The summed E-state index contributed by atoms with van der Waals surface area (Å²) < 4.78 is 15.7. The Morgan fingerprint density at radius 2 is 1.81 bits per heavy atom. The fraction of sp³-hybridized carbons (Fsp3) is 0.190. The molecule has 0 atom stereocenters. The van der Waals surface area contributed by atoms with E-state index in [1.807, 2.05) is 0 Å². The van der Waals surface area contributed by atoms with Crippen LogP contribution in [0.2, 0.25) is 15.1 Å². The van der Waals surface area contributed by atoms with Gasteiger partial charge in [-0.1, -0.05) is 40.9 Å². The minimum Gasteiger partial charge on any atom is -0.493 e. The second-order valence-corrected chi connectivity index (χ2v) is 7.75. The number of esters is 1. The summed E-state index contributed by atoms with van der Waals surface area (Å²) in [6, 6.07) is 7.51.